The molecule has 1 rings (SSSR count). The van der Waals surface area contributed by atoms with Crippen LogP contribution in [0.2, 0.25) is 0 Å². The van der Waals surface area contributed by atoms with Crippen molar-refractivity contribution in [3.8, 4) is 0 Å². The average Bonchev–Trinajstić information content (AvgIpc) is 2.68. The molecule has 0 spiro atoms. The molecule has 0 aliphatic carbocycles. The second-order valence-electron chi connectivity index (χ2n) is 5.31. The first-order valence-corrected chi connectivity index (χ1v) is 8.14. The van der Waals surface area contributed by atoms with Gasteiger partial charge in [-0.05, 0) is 0 Å². The van der Waals surface area contributed by atoms with Crippen LogP contribution >= 0.6 is 0 Å². The third-order valence-corrected chi connectivity index (χ3v) is 3.37. The van der Waals surface area contributed by atoms with Crippen molar-refractivity contribution in [1.29, 1.82) is 0 Å². The Morgan fingerprint density at radius 3 is 1.96 bits per heavy atom. The standard InChI is InChI=1S/C17H23NO9/c1-23-14(19)3-5-16(21)26-12-13(11-18-7-9-25-10-8-18)27-17(22)6-4-15(20)24-2/h3-6,13H,7-12H2,1-2H3/b5-3+,6-4+/t13-/m1/s1. The molecule has 1 atom stereocenters. The van der Waals surface area contributed by atoms with E-state index in [1.807, 2.05) is 4.90 Å². The monoisotopic (exact) mass is 385 g/mol. The van der Waals surface area contributed by atoms with Crippen LogP contribution in [0.4, 0.5) is 0 Å². The molecule has 1 fully saturated rings. The summed E-state index contributed by atoms with van der Waals surface area (Å²) in [7, 11) is 2.36. The zero-order valence-corrected chi connectivity index (χ0v) is 15.3. The molecule has 0 unspecified atom stereocenters. The SMILES string of the molecule is COC(=O)/C=C/C(=O)OC[C@@H](CN1CCOCC1)OC(=O)/C=C/C(=O)OC. The number of morpholine rings is 1. The second-order valence-corrected chi connectivity index (χ2v) is 5.31. The molecule has 1 aliphatic heterocycles. The molecule has 150 valence electrons. The predicted octanol–water partition coefficient (Wildman–Crippen LogP) is -0.768. The van der Waals surface area contributed by atoms with Gasteiger partial charge in [-0.3, -0.25) is 4.90 Å². The molecule has 0 aromatic rings. The van der Waals surface area contributed by atoms with Crippen molar-refractivity contribution in [2.45, 2.75) is 6.10 Å². The summed E-state index contributed by atoms with van der Waals surface area (Å²) in [5.74, 6) is -2.96. The molecule has 1 aliphatic rings. The molecule has 1 saturated heterocycles. The molecular weight excluding hydrogens is 362 g/mol. The van der Waals surface area contributed by atoms with Gasteiger partial charge in [0, 0.05) is 43.9 Å². The third kappa shape index (κ3) is 10.1. The van der Waals surface area contributed by atoms with Crippen LogP contribution in [0.1, 0.15) is 0 Å². The van der Waals surface area contributed by atoms with Gasteiger partial charge < -0.3 is 23.7 Å². The van der Waals surface area contributed by atoms with Crippen LogP contribution in [-0.4, -0.2) is 88.6 Å². The second kappa shape index (κ2) is 12.6. The molecule has 0 bridgehead atoms. The molecule has 0 N–H and O–H groups in total. The maximum Gasteiger partial charge on any atom is 0.331 e. The molecule has 0 aromatic carbocycles. The van der Waals surface area contributed by atoms with Crippen LogP contribution in [0.15, 0.2) is 24.3 Å². The van der Waals surface area contributed by atoms with Gasteiger partial charge in [0.15, 0.2) is 0 Å². The Bertz CT molecular complexity index is 579. The van der Waals surface area contributed by atoms with E-state index in [9.17, 15) is 19.2 Å². The number of esters is 4. The predicted molar refractivity (Wildman–Crippen MR) is 90.4 cm³/mol. The lowest BCUT2D eigenvalue weighted by Gasteiger charge is -2.29. The number of methoxy groups -OCH3 is 2. The first kappa shape index (κ1) is 22.3. The quantitative estimate of drug-likeness (QED) is 0.284. The normalized spacial score (nSPS) is 16.1. The Balaban J connectivity index is 2.60. The van der Waals surface area contributed by atoms with Crippen molar-refractivity contribution >= 4 is 23.9 Å². The molecule has 10 nitrogen and oxygen atoms in total. The van der Waals surface area contributed by atoms with Gasteiger partial charge in [-0.15, -0.1) is 0 Å². The summed E-state index contributed by atoms with van der Waals surface area (Å²) in [5.41, 5.74) is 0. The van der Waals surface area contributed by atoms with Crippen molar-refractivity contribution in [2.75, 3.05) is 53.7 Å². The molecule has 0 aromatic heterocycles. The Kier molecular flexibility index (Phi) is 10.4. The molecule has 0 amide bonds. The number of rotatable bonds is 9. The minimum atomic E-state index is -0.784. The van der Waals surface area contributed by atoms with Gasteiger partial charge in [-0.25, -0.2) is 19.2 Å². The zero-order chi connectivity index (χ0) is 20.1. The zero-order valence-electron chi connectivity index (χ0n) is 15.3. The van der Waals surface area contributed by atoms with E-state index in [1.165, 1.54) is 14.2 Å². The first-order valence-electron chi connectivity index (χ1n) is 8.14. The number of ether oxygens (including phenoxy) is 5. The van der Waals surface area contributed by atoms with E-state index in [0.717, 1.165) is 24.3 Å². The lowest BCUT2D eigenvalue weighted by Crippen LogP contribution is -2.43. The van der Waals surface area contributed by atoms with Gasteiger partial charge in [0.1, 0.15) is 12.7 Å². The number of carbonyl (C=O) groups excluding carboxylic acids is 4. The number of hydrogen-bond acceptors (Lipinski definition) is 10. The fourth-order valence-corrected chi connectivity index (χ4v) is 2.03. The van der Waals surface area contributed by atoms with E-state index in [4.69, 9.17) is 14.2 Å². The smallest absolute Gasteiger partial charge is 0.331 e. The Labute approximate surface area is 156 Å². The summed E-state index contributed by atoms with van der Waals surface area (Å²) in [6.45, 7) is 2.47. The highest BCUT2D eigenvalue weighted by atomic mass is 16.6. The van der Waals surface area contributed by atoms with Crippen LogP contribution in [0.3, 0.4) is 0 Å². The lowest BCUT2D eigenvalue weighted by molar-refractivity contribution is -0.154. The highest BCUT2D eigenvalue weighted by molar-refractivity contribution is 5.92. The summed E-state index contributed by atoms with van der Waals surface area (Å²) in [6, 6.07) is 0. The van der Waals surface area contributed by atoms with Gasteiger partial charge >= 0.3 is 23.9 Å². The van der Waals surface area contributed by atoms with E-state index >= 15 is 0 Å². The van der Waals surface area contributed by atoms with Crippen LogP contribution < -0.4 is 0 Å². The van der Waals surface area contributed by atoms with Gasteiger partial charge in [-0.2, -0.15) is 0 Å². The van der Waals surface area contributed by atoms with Crippen LogP contribution in [0.5, 0.6) is 0 Å². The van der Waals surface area contributed by atoms with Crippen molar-refractivity contribution in [3.63, 3.8) is 0 Å². The van der Waals surface area contributed by atoms with Crippen LogP contribution in [0, 0.1) is 0 Å². The lowest BCUT2D eigenvalue weighted by atomic mass is 10.3. The highest BCUT2D eigenvalue weighted by Gasteiger charge is 2.21. The number of nitrogens with zero attached hydrogens (tertiary/aromatic N) is 1. The van der Waals surface area contributed by atoms with Gasteiger partial charge in [0.05, 0.1) is 27.4 Å². The number of carbonyl (C=O) groups is 4. The van der Waals surface area contributed by atoms with E-state index in [0.29, 0.717) is 32.8 Å². The topological polar surface area (TPSA) is 118 Å². The summed E-state index contributed by atoms with van der Waals surface area (Å²) in [4.78, 5) is 47.5. The summed E-state index contributed by atoms with van der Waals surface area (Å²) in [5, 5.41) is 0. The summed E-state index contributed by atoms with van der Waals surface area (Å²) < 4.78 is 24.3. The maximum atomic E-state index is 11.8. The number of hydrogen-bond donors (Lipinski definition) is 0. The van der Waals surface area contributed by atoms with Gasteiger partial charge in [0.2, 0.25) is 0 Å². The summed E-state index contributed by atoms with van der Waals surface area (Å²) in [6.07, 6.45) is 2.92. The van der Waals surface area contributed by atoms with Gasteiger partial charge in [0.25, 0.3) is 0 Å². The summed E-state index contributed by atoms with van der Waals surface area (Å²) >= 11 is 0. The fourth-order valence-electron chi connectivity index (χ4n) is 2.03. The van der Waals surface area contributed by atoms with Crippen molar-refractivity contribution < 1.29 is 42.9 Å². The van der Waals surface area contributed by atoms with Crippen molar-refractivity contribution in [1.82, 2.24) is 4.90 Å². The Morgan fingerprint density at radius 1 is 0.889 bits per heavy atom. The Hall–Kier alpha value is -2.72. The average molecular weight is 385 g/mol. The minimum absolute atomic E-state index is 0.223. The molecule has 1 heterocycles. The van der Waals surface area contributed by atoms with Gasteiger partial charge in [-0.1, -0.05) is 0 Å². The van der Waals surface area contributed by atoms with Crippen molar-refractivity contribution in [3.05, 3.63) is 24.3 Å². The molecule has 10 heteroatoms. The molecule has 0 saturated carbocycles. The van der Waals surface area contributed by atoms with Crippen LogP contribution in [0.25, 0.3) is 0 Å². The van der Waals surface area contributed by atoms with E-state index in [-0.39, 0.29) is 6.61 Å². The van der Waals surface area contributed by atoms with E-state index < -0.39 is 30.0 Å². The largest absolute Gasteiger partial charge is 0.466 e. The minimum Gasteiger partial charge on any atom is -0.466 e. The van der Waals surface area contributed by atoms with E-state index in [2.05, 4.69) is 9.47 Å². The van der Waals surface area contributed by atoms with E-state index in [1.54, 1.807) is 0 Å². The highest BCUT2D eigenvalue weighted by Crippen LogP contribution is 2.04. The molecular formula is C17H23NO9. The maximum absolute atomic E-state index is 11.8. The first-order chi connectivity index (χ1) is 12.9. The van der Waals surface area contributed by atoms with Crippen molar-refractivity contribution in [2.24, 2.45) is 0 Å². The van der Waals surface area contributed by atoms with Crippen LogP contribution in [-0.2, 0) is 42.9 Å². The fraction of sp³-hybridized carbons (Fsp3) is 0.529. The molecule has 27 heavy (non-hydrogen) atoms. The third-order valence-electron chi connectivity index (χ3n) is 3.37. The molecule has 0 radical (unpaired) electrons. The Morgan fingerprint density at radius 2 is 1.41 bits per heavy atom.